The Labute approximate surface area is 111 Å². The zero-order valence-electron chi connectivity index (χ0n) is 10.1. The normalized spacial score (nSPS) is 11.4. The number of carboxylic acids is 1. The number of carbonyl (C=O) groups is 1. The maximum atomic E-state index is 10.9. The van der Waals surface area contributed by atoms with Crippen LogP contribution in [0, 0.1) is 0 Å². The minimum absolute atomic E-state index is 0.0293. The van der Waals surface area contributed by atoms with Crippen LogP contribution >= 0.6 is 11.8 Å². The molecule has 0 saturated carbocycles. The van der Waals surface area contributed by atoms with Gasteiger partial charge in [-0.05, 0) is 11.1 Å². The highest BCUT2D eigenvalue weighted by atomic mass is 32.2. The lowest BCUT2D eigenvalue weighted by atomic mass is 10.1. The van der Waals surface area contributed by atoms with Crippen LogP contribution in [0.2, 0.25) is 0 Å². The summed E-state index contributed by atoms with van der Waals surface area (Å²) in [5.41, 5.74) is 1.84. The Morgan fingerprint density at radius 3 is 2.28 bits per heavy atom. The van der Waals surface area contributed by atoms with Gasteiger partial charge < -0.3 is 5.11 Å². The Kier molecular flexibility index (Phi) is 5.68. The molecule has 100 valence electrons. The second-order valence-corrected chi connectivity index (χ2v) is 7.43. The number of thioether (sulfide) groups is 1. The van der Waals surface area contributed by atoms with E-state index in [2.05, 4.69) is 0 Å². The third-order valence-corrected chi connectivity index (χ3v) is 4.48. The van der Waals surface area contributed by atoms with Gasteiger partial charge in [-0.15, -0.1) is 0 Å². The molecule has 0 heterocycles. The van der Waals surface area contributed by atoms with E-state index < -0.39 is 15.8 Å². The van der Waals surface area contributed by atoms with Crippen LogP contribution in [0.5, 0.6) is 0 Å². The average Bonchev–Trinajstić information content (AvgIpc) is 2.24. The summed E-state index contributed by atoms with van der Waals surface area (Å²) in [4.78, 5) is 10.5. The van der Waals surface area contributed by atoms with Crippen LogP contribution < -0.4 is 0 Å². The number of aliphatic carboxylic acids is 1. The molecule has 1 N–H and O–H groups in total. The Balaban J connectivity index is 2.37. The first kappa shape index (κ1) is 15.0. The molecule has 1 aromatic carbocycles. The lowest BCUT2D eigenvalue weighted by Gasteiger charge is -2.03. The van der Waals surface area contributed by atoms with Gasteiger partial charge in [0.2, 0.25) is 0 Å². The zero-order valence-corrected chi connectivity index (χ0v) is 11.8. The molecule has 0 radical (unpaired) electrons. The highest BCUT2D eigenvalue weighted by Gasteiger charge is 2.03. The predicted molar refractivity (Wildman–Crippen MR) is 73.7 cm³/mol. The fraction of sp³-hybridized carbons (Fsp3) is 0.417. The fourth-order valence-electron chi connectivity index (χ4n) is 1.33. The van der Waals surface area contributed by atoms with Crippen molar-refractivity contribution in [2.24, 2.45) is 0 Å². The Bertz CT molecular complexity index is 491. The molecule has 18 heavy (non-hydrogen) atoms. The number of sulfone groups is 1. The lowest BCUT2D eigenvalue weighted by molar-refractivity contribution is -0.136. The molecule has 1 rings (SSSR count). The minimum Gasteiger partial charge on any atom is -0.481 e. The summed E-state index contributed by atoms with van der Waals surface area (Å²) in [6, 6.07) is 7.35. The van der Waals surface area contributed by atoms with Crippen molar-refractivity contribution in [1.82, 2.24) is 0 Å². The molecular formula is C12H16O4S2. The molecule has 0 atom stereocenters. The molecule has 0 spiro atoms. The van der Waals surface area contributed by atoms with Crippen molar-refractivity contribution in [3.05, 3.63) is 35.4 Å². The molecule has 0 saturated heterocycles. The molecule has 0 aliphatic carbocycles. The van der Waals surface area contributed by atoms with Gasteiger partial charge >= 0.3 is 5.97 Å². The van der Waals surface area contributed by atoms with Gasteiger partial charge in [-0.25, -0.2) is 8.42 Å². The van der Waals surface area contributed by atoms with Crippen LogP contribution in [0.15, 0.2) is 24.3 Å². The number of rotatable bonds is 7. The maximum Gasteiger partial charge on any atom is 0.307 e. The Morgan fingerprint density at radius 2 is 1.78 bits per heavy atom. The number of carboxylic acid groups (broad SMARTS) is 1. The minimum atomic E-state index is -2.88. The summed E-state index contributed by atoms with van der Waals surface area (Å²) in [5.74, 6) is 0.665. The van der Waals surface area contributed by atoms with Crippen LogP contribution in [-0.4, -0.2) is 37.3 Å². The molecule has 0 fully saturated rings. The van der Waals surface area contributed by atoms with Crippen LogP contribution in [-0.2, 0) is 26.8 Å². The molecular weight excluding hydrogens is 272 g/mol. The second-order valence-electron chi connectivity index (χ2n) is 4.07. The van der Waals surface area contributed by atoms with Crippen molar-refractivity contribution in [2.45, 2.75) is 12.2 Å². The summed E-state index contributed by atoms with van der Waals surface area (Å²) < 4.78 is 21.8. The average molecular weight is 288 g/mol. The monoisotopic (exact) mass is 288 g/mol. The predicted octanol–water partition coefficient (Wildman–Crippen LogP) is 1.59. The van der Waals surface area contributed by atoms with Gasteiger partial charge in [0.1, 0.15) is 9.84 Å². The largest absolute Gasteiger partial charge is 0.481 e. The third kappa shape index (κ3) is 6.66. The van der Waals surface area contributed by atoms with E-state index in [1.165, 1.54) is 6.26 Å². The molecule has 0 aliphatic heterocycles. The van der Waals surface area contributed by atoms with Crippen molar-refractivity contribution in [2.75, 3.05) is 17.8 Å². The summed E-state index contributed by atoms with van der Waals surface area (Å²) in [5, 5.41) is 8.62. The van der Waals surface area contributed by atoms with Crippen molar-refractivity contribution >= 4 is 27.6 Å². The summed E-state index contributed by atoms with van der Waals surface area (Å²) >= 11 is 1.56. The molecule has 4 nitrogen and oxygen atoms in total. The van der Waals surface area contributed by atoms with E-state index in [9.17, 15) is 13.2 Å². The van der Waals surface area contributed by atoms with Crippen molar-refractivity contribution in [3.8, 4) is 0 Å². The number of hydrogen-bond acceptors (Lipinski definition) is 4. The van der Waals surface area contributed by atoms with Crippen molar-refractivity contribution in [1.29, 1.82) is 0 Å². The summed E-state index contributed by atoms with van der Waals surface area (Å²) in [7, 11) is -2.88. The SMILES string of the molecule is CS(=O)(=O)CCSCc1ccc(CC(=O)O)cc1. The van der Waals surface area contributed by atoms with Gasteiger partial charge in [-0.3, -0.25) is 4.79 Å². The maximum absolute atomic E-state index is 10.9. The highest BCUT2D eigenvalue weighted by Crippen LogP contribution is 2.13. The molecule has 0 aromatic heterocycles. The number of hydrogen-bond donors (Lipinski definition) is 1. The van der Waals surface area contributed by atoms with Gasteiger partial charge in [-0.2, -0.15) is 11.8 Å². The molecule has 1 aromatic rings. The molecule has 6 heteroatoms. The highest BCUT2D eigenvalue weighted by molar-refractivity contribution is 7.99. The van der Waals surface area contributed by atoms with Gasteiger partial charge in [0.05, 0.1) is 12.2 Å². The van der Waals surface area contributed by atoms with Gasteiger partial charge in [0, 0.05) is 17.8 Å². The van der Waals surface area contributed by atoms with Gasteiger partial charge in [0.25, 0.3) is 0 Å². The van der Waals surface area contributed by atoms with E-state index in [-0.39, 0.29) is 12.2 Å². The number of benzene rings is 1. The Hall–Kier alpha value is -1.01. The van der Waals surface area contributed by atoms with E-state index >= 15 is 0 Å². The van der Waals surface area contributed by atoms with Gasteiger partial charge in [0.15, 0.2) is 0 Å². The van der Waals surface area contributed by atoms with E-state index in [4.69, 9.17) is 5.11 Å². The summed E-state index contributed by atoms with van der Waals surface area (Å²) in [6.45, 7) is 0. The van der Waals surface area contributed by atoms with Crippen molar-refractivity contribution in [3.63, 3.8) is 0 Å². The van der Waals surface area contributed by atoms with E-state index in [1.807, 2.05) is 12.1 Å². The van der Waals surface area contributed by atoms with Crippen LogP contribution in [0.25, 0.3) is 0 Å². The van der Waals surface area contributed by atoms with Crippen molar-refractivity contribution < 1.29 is 18.3 Å². The third-order valence-electron chi connectivity index (χ3n) is 2.25. The Morgan fingerprint density at radius 1 is 1.22 bits per heavy atom. The second kappa shape index (κ2) is 6.80. The first-order valence-corrected chi connectivity index (χ1v) is 8.63. The first-order valence-electron chi connectivity index (χ1n) is 5.42. The first-order chi connectivity index (χ1) is 8.37. The van der Waals surface area contributed by atoms with Crippen LogP contribution in [0.4, 0.5) is 0 Å². The van der Waals surface area contributed by atoms with Crippen LogP contribution in [0.3, 0.4) is 0 Å². The van der Waals surface area contributed by atoms with Crippen LogP contribution in [0.1, 0.15) is 11.1 Å². The standard InChI is InChI=1S/C12H16O4S2/c1-18(15,16)7-6-17-9-11-4-2-10(3-5-11)8-12(13)14/h2-5H,6-9H2,1H3,(H,13,14). The quantitative estimate of drug-likeness (QED) is 0.771. The van der Waals surface area contributed by atoms with E-state index in [0.717, 1.165) is 16.9 Å². The zero-order chi connectivity index (χ0) is 13.6. The molecule has 0 bridgehead atoms. The van der Waals surface area contributed by atoms with Gasteiger partial charge in [-0.1, -0.05) is 24.3 Å². The molecule has 0 unspecified atom stereocenters. The summed E-state index contributed by atoms with van der Waals surface area (Å²) in [6.07, 6.45) is 1.26. The van der Waals surface area contributed by atoms with E-state index in [0.29, 0.717) is 5.75 Å². The lowest BCUT2D eigenvalue weighted by Crippen LogP contribution is -2.05. The molecule has 0 aliphatic rings. The topological polar surface area (TPSA) is 71.4 Å². The molecule has 0 amide bonds. The smallest absolute Gasteiger partial charge is 0.307 e. The fourth-order valence-corrected chi connectivity index (χ4v) is 3.58. The van der Waals surface area contributed by atoms with E-state index in [1.54, 1.807) is 23.9 Å².